The zero-order valence-electron chi connectivity index (χ0n) is 14.9. The predicted molar refractivity (Wildman–Crippen MR) is 64.7 cm³/mol. The van der Waals surface area contributed by atoms with Gasteiger partial charge in [-0.2, -0.15) is 0 Å². The molecule has 0 N–H and O–H groups in total. The van der Waals surface area contributed by atoms with Crippen LogP contribution in [0.2, 0.25) is 0 Å². The van der Waals surface area contributed by atoms with Gasteiger partial charge in [-0.15, -0.1) is 0 Å². The summed E-state index contributed by atoms with van der Waals surface area (Å²) < 4.78 is 50.0. The lowest BCUT2D eigenvalue weighted by molar-refractivity contribution is 0.00578. The average molecular weight is 224 g/mol. The summed E-state index contributed by atoms with van der Waals surface area (Å²) in [6, 6.07) is -0.598. The molecule has 2 rings (SSSR count). The van der Waals surface area contributed by atoms with Crippen molar-refractivity contribution >= 4 is 12.6 Å². The van der Waals surface area contributed by atoms with Gasteiger partial charge in [-0.3, -0.25) is 4.98 Å². The Hall–Kier alpha value is -0.865. The first-order valence-electron chi connectivity index (χ1n) is 7.81. The molecule has 0 atom stereocenters. The molecule has 1 fully saturated rings. The normalized spacial score (nSPS) is 27.1. The van der Waals surface area contributed by atoms with Crippen molar-refractivity contribution in [3.8, 4) is 0 Å². The molecule has 0 aromatic carbocycles. The molecule has 0 spiro atoms. The van der Waals surface area contributed by atoms with Gasteiger partial charge in [-0.25, -0.2) is 0 Å². The zero-order chi connectivity index (χ0) is 16.2. The molecule has 0 amide bonds. The van der Waals surface area contributed by atoms with Crippen LogP contribution in [0.25, 0.3) is 0 Å². The molecule has 1 saturated heterocycles. The molecule has 1 aliphatic rings. The summed E-state index contributed by atoms with van der Waals surface area (Å²) in [5, 5.41) is 0. The number of hydrogen-bond acceptors (Lipinski definition) is 3. The van der Waals surface area contributed by atoms with E-state index in [1.165, 1.54) is 0 Å². The predicted octanol–water partition coefficient (Wildman–Crippen LogP) is 1.69. The smallest absolute Gasteiger partial charge is 0.399 e. The van der Waals surface area contributed by atoms with Gasteiger partial charge in [0.25, 0.3) is 0 Å². The Labute approximate surface area is 104 Å². The molecule has 1 aliphatic heterocycles. The lowest BCUT2D eigenvalue weighted by Crippen LogP contribution is -2.41. The van der Waals surface area contributed by atoms with Gasteiger partial charge in [0, 0.05) is 20.1 Å². The molecule has 0 radical (unpaired) electrons. The molecule has 1 aromatic heterocycles. The van der Waals surface area contributed by atoms with Crippen LogP contribution in [-0.2, 0) is 9.31 Å². The van der Waals surface area contributed by atoms with Gasteiger partial charge in [-0.1, -0.05) is 6.04 Å². The first-order valence-corrected chi connectivity index (χ1v) is 5.15. The number of pyridine rings is 1. The third-order valence-corrected chi connectivity index (χ3v) is 3.11. The quantitative estimate of drug-likeness (QED) is 0.680. The minimum atomic E-state index is -1.50. The maximum atomic E-state index is 8.02. The van der Waals surface area contributed by atoms with E-state index in [1.807, 2.05) is 27.7 Å². The second-order valence-corrected chi connectivity index (χ2v) is 4.86. The number of nitrogens with zero attached hydrogens (tertiary/aromatic N) is 1. The Morgan fingerprint density at radius 1 is 1.25 bits per heavy atom. The molecule has 4 heteroatoms. The first kappa shape index (κ1) is 6.77. The highest BCUT2D eigenvalue weighted by Crippen LogP contribution is 2.36. The van der Waals surface area contributed by atoms with E-state index in [0.717, 1.165) is 0 Å². The number of aryl methyl sites for hydroxylation is 1. The average Bonchev–Trinajstić information content (AvgIpc) is 2.52. The van der Waals surface area contributed by atoms with E-state index in [4.69, 9.17) is 16.2 Å². The van der Waals surface area contributed by atoms with Crippen molar-refractivity contribution in [2.24, 2.45) is 0 Å². The molecule has 2 heterocycles. The summed E-state index contributed by atoms with van der Waals surface area (Å²) in [7, 11) is -0.949. The van der Waals surface area contributed by atoms with E-state index in [-0.39, 0.29) is 29.4 Å². The largest absolute Gasteiger partial charge is 0.496 e. The van der Waals surface area contributed by atoms with Crippen LogP contribution in [0.1, 0.15) is 40.2 Å². The Morgan fingerprint density at radius 2 is 1.88 bits per heavy atom. The number of aromatic nitrogens is 1. The highest BCUT2D eigenvalue weighted by molar-refractivity contribution is 6.62. The van der Waals surface area contributed by atoms with Crippen LogP contribution in [0.3, 0.4) is 0 Å². The van der Waals surface area contributed by atoms with Gasteiger partial charge in [0.1, 0.15) is 0 Å². The van der Waals surface area contributed by atoms with E-state index < -0.39 is 25.2 Å². The summed E-state index contributed by atoms with van der Waals surface area (Å²) in [5.41, 5.74) is -1.37. The van der Waals surface area contributed by atoms with Crippen molar-refractivity contribution < 1.29 is 16.2 Å². The second-order valence-electron chi connectivity index (χ2n) is 4.86. The SMILES string of the molecule is [2H]c1nc(C([2H])[2H])c([2H])c([2H])c1B1OC(C)(C)C(C)(C)O1. The van der Waals surface area contributed by atoms with E-state index in [0.29, 0.717) is 0 Å². The molecule has 0 saturated carbocycles. The molecule has 16 heavy (non-hydrogen) atoms. The molecule has 1 aromatic rings. The second kappa shape index (κ2) is 3.57. The highest BCUT2D eigenvalue weighted by atomic mass is 16.7. The van der Waals surface area contributed by atoms with Crippen molar-refractivity contribution in [3.63, 3.8) is 0 Å². The highest BCUT2D eigenvalue weighted by Gasteiger charge is 2.51. The Kier molecular flexibility index (Phi) is 1.51. The summed E-state index contributed by atoms with van der Waals surface area (Å²) in [6.45, 7) is 5.92. The Morgan fingerprint density at radius 3 is 2.44 bits per heavy atom. The van der Waals surface area contributed by atoms with E-state index in [9.17, 15) is 0 Å². The minimum absolute atomic E-state index is 0.0723. The molecule has 3 nitrogen and oxygen atoms in total. The summed E-state index contributed by atoms with van der Waals surface area (Å²) in [4.78, 5) is 3.80. The van der Waals surface area contributed by atoms with Gasteiger partial charge in [0.05, 0.1) is 15.3 Å². The van der Waals surface area contributed by atoms with Crippen molar-refractivity contribution in [1.29, 1.82) is 0 Å². The van der Waals surface area contributed by atoms with Crippen molar-refractivity contribution in [1.82, 2.24) is 4.98 Å². The molecule has 86 valence electrons. The van der Waals surface area contributed by atoms with Gasteiger partial charge in [0.15, 0.2) is 0 Å². The van der Waals surface area contributed by atoms with Crippen LogP contribution in [0.15, 0.2) is 18.3 Å². The lowest BCUT2D eigenvalue weighted by Gasteiger charge is -2.32. The third-order valence-electron chi connectivity index (χ3n) is 3.11. The van der Waals surface area contributed by atoms with Crippen molar-refractivity contribution in [2.45, 2.75) is 45.8 Å². The number of rotatable bonds is 1. The van der Waals surface area contributed by atoms with Crippen LogP contribution >= 0.6 is 0 Å². The fourth-order valence-corrected chi connectivity index (χ4v) is 1.38. The zero-order valence-corrected chi connectivity index (χ0v) is 9.92. The van der Waals surface area contributed by atoms with Crippen LogP contribution in [0, 0.1) is 6.88 Å². The standard InChI is InChI=1S/C12H18BNO2/c1-9-6-7-10(8-14-9)13-15-11(2,3)12(4,5)16-13/h6-8H,1-5H3/i1D2,6D,7D,8D. The Bertz CT molecular complexity index is 563. The minimum Gasteiger partial charge on any atom is -0.399 e. The van der Waals surface area contributed by atoms with Gasteiger partial charge >= 0.3 is 7.12 Å². The summed E-state index contributed by atoms with van der Waals surface area (Å²) in [6.07, 6.45) is -0.283. The lowest BCUT2D eigenvalue weighted by atomic mass is 9.80. The first-order chi connectivity index (χ1) is 9.48. The fourth-order valence-electron chi connectivity index (χ4n) is 1.38. The monoisotopic (exact) mass is 224 g/mol. The Balaban J connectivity index is 2.50. The molecule has 0 aliphatic carbocycles. The van der Waals surface area contributed by atoms with Gasteiger partial charge in [-0.05, 0) is 40.6 Å². The molecule has 0 bridgehead atoms. The van der Waals surface area contributed by atoms with Crippen LogP contribution < -0.4 is 5.46 Å². The van der Waals surface area contributed by atoms with E-state index in [1.54, 1.807) is 0 Å². The van der Waals surface area contributed by atoms with Crippen molar-refractivity contribution in [2.75, 3.05) is 0 Å². The van der Waals surface area contributed by atoms with Gasteiger partial charge < -0.3 is 9.31 Å². The maximum absolute atomic E-state index is 8.02. The van der Waals surface area contributed by atoms with Crippen molar-refractivity contribution in [3.05, 3.63) is 24.0 Å². The maximum Gasteiger partial charge on any atom is 0.496 e. The molecular formula is C12H18BNO2. The van der Waals surface area contributed by atoms with Crippen LogP contribution in [0.4, 0.5) is 0 Å². The topological polar surface area (TPSA) is 31.4 Å². The van der Waals surface area contributed by atoms with Gasteiger partial charge in [0.2, 0.25) is 0 Å². The molecule has 0 unspecified atom stereocenters. The van der Waals surface area contributed by atoms with E-state index >= 15 is 0 Å². The van der Waals surface area contributed by atoms with Crippen LogP contribution in [0.5, 0.6) is 0 Å². The number of hydrogen-bond donors (Lipinski definition) is 0. The van der Waals surface area contributed by atoms with E-state index in [2.05, 4.69) is 4.98 Å². The van der Waals surface area contributed by atoms with Crippen LogP contribution in [-0.4, -0.2) is 23.3 Å². The summed E-state index contributed by atoms with van der Waals surface area (Å²) >= 11 is 0. The molecular weight excluding hydrogens is 201 g/mol. The fraction of sp³-hybridized carbons (Fsp3) is 0.583. The third kappa shape index (κ3) is 1.87. The summed E-state index contributed by atoms with van der Waals surface area (Å²) in [5.74, 6) is 0.